The third-order valence-electron chi connectivity index (χ3n) is 3.84. The van der Waals surface area contributed by atoms with E-state index in [4.69, 9.17) is 0 Å². The maximum Gasteiger partial charge on any atom is 0.311 e. The molecule has 1 aromatic carbocycles. The van der Waals surface area contributed by atoms with Crippen molar-refractivity contribution in [3.05, 3.63) is 33.8 Å². The van der Waals surface area contributed by atoms with E-state index in [-0.39, 0.29) is 12.5 Å². The second-order valence-corrected chi connectivity index (χ2v) is 5.85. The maximum atomic E-state index is 12.2. The number of carboxylic acid groups (broad SMARTS) is 1. The van der Waals surface area contributed by atoms with E-state index in [2.05, 4.69) is 21.2 Å². The molecule has 0 fully saturated rings. The van der Waals surface area contributed by atoms with Crippen LogP contribution in [0.25, 0.3) is 0 Å². The zero-order chi connectivity index (χ0) is 15.3. The Balaban J connectivity index is 2.86. The van der Waals surface area contributed by atoms with Gasteiger partial charge in [0.25, 0.3) is 5.91 Å². The van der Waals surface area contributed by atoms with E-state index in [1.165, 1.54) is 0 Å². The molecular weight excluding hydrogens is 322 g/mol. The van der Waals surface area contributed by atoms with Gasteiger partial charge in [-0.05, 0) is 37.5 Å². The van der Waals surface area contributed by atoms with Crippen LogP contribution in [-0.2, 0) is 4.79 Å². The highest BCUT2D eigenvalue weighted by atomic mass is 79.9. The largest absolute Gasteiger partial charge is 0.481 e. The Morgan fingerprint density at radius 1 is 1.30 bits per heavy atom. The van der Waals surface area contributed by atoms with Crippen molar-refractivity contribution in [1.82, 2.24) is 5.32 Å². The fraction of sp³-hybridized carbons (Fsp3) is 0.467. The van der Waals surface area contributed by atoms with Crippen LogP contribution in [0.1, 0.15) is 42.6 Å². The molecule has 0 saturated carbocycles. The van der Waals surface area contributed by atoms with Gasteiger partial charge in [-0.3, -0.25) is 9.59 Å². The highest BCUT2D eigenvalue weighted by molar-refractivity contribution is 9.10. The Kier molecular flexibility index (Phi) is 5.74. The first-order valence-corrected chi connectivity index (χ1v) is 7.43. The molecule has 0 atom stereocenters. The van der Waals surface area contributed by atoms with Gasteiger partial charge < -0.3 is 10.4 Å². The van der Waals surface area contributed by atoms with Gasteiger partial charge in [-0.1, -0.05) is 35.8 Å². The third-order valence-corrected chi connectivity index (χ3v) is 4.33. The number of carbonyl (C=O) groups is 2. The number of hydrogen-bond acceptors (Lipinski definition) is 2. The minimum Gasteiger partial charge on any atom is -0.481 e. The Labute approximate surface area is 127 Å². The van der Waals surface area contributed by atoms with Crippen molar-refractivity contribution in [2.24, 2.45) is 5.41 Å². The first-order chi connectivity index (χ1) is 9.36. The van der Waals surface area contributed by atoms with Crippen LogP contribution < -0.4 is 5.32 Å². The molecule has 0 aromatic heterocycles. The predicted molar refractivity (Wildman–Crippen MR) is 81.9 cm³/mol. The normalized spacial score (nSPS) is 11.2. The lowest BCUT2D eigenvalue weighted by atomic mass is 9.82. The smallest absolute Gasteiger partial charge is 0.311 e. The van der Waals surface area contributed by atoms with E-state index in [1.807, 2.05) is 32.9 Å². The van der Waals surface area contributed by atoms with Crippen molar-refractivity contribution in [1.29, 1.82) is 0 Å². The quantitative estimate of drug-likeness (QED) is 0.833. The van der Waals surface area contributed by atoms with Crippen LogP contribution in [0.4, 0.5) is 0 Å². The topological polar surface area (TPSA) is 66.4 Å². The van der Waals surface area contributed by atoms with Gasteiger partial charge in [-0.2, -0.15) is 0 Å². The first kappa shape index (κ1) is 16.7. The first-order valence-electron chi connectivity index (χ1n) is 6.64. The summed E-state index contributed by atoms with van der Waals surface area (Å²) in [6.45, 7) is 5.65. The van der Waals surface area contributed by atoms with Crippen molar-refractivity contribution in [2.45, 2.75) is 33.6 Å². The number of nitrogens with one attached hydrogen (secondary N) is 1. The molecule has 1 rings (SSSR count). The number of aryl methyl sites for hydroxylation is 1. The summed E-state index contributed by atoms with van der Waals surface area (Å²) in [5, 5.41) is 12.1. The third kappa shape index (κ3) is 3.60. The number of carbonyl (C=O) groups excluding carboxylic acids is 1. The summed E-state index contributed by atoms with van der Waals surface area (Å²) >= 11 is 3.33. The van der Waals surface area contributed by atoms with E-state index in [9.17, 15) is 14.7 Å². The number of carboxylic acids is 1. The molecule has 2 N–H and O–H groups in total. The van der Waals surface area contributed by atoms with Crippen LogP contribution in [0.2, 0.25) is 0 Å². The van der Waals surface area contributed by atoms with Crippen molar-refractivity contribution in [2.75, 3.05) is 6.54 Å². The second-order valence-electron chi connectivity index (χ2n) is 4.93. The molecule has 0 unspecified atom stereocenters. The summed E-state index contributed by atoms with van der Waals surface area (Å²) in [6.07, 6.45) is 0.965. The lowest BCUT2D eigenvalue weighted by Crippen LogP contribution is -2.42. The monoisotopic (exact) mass is 341 g/mol. The number of hydrogen-bond donors (Lipinski definition) is 2. The highest BCUT2D eigenvalue weighted by Crippen LogP contribution is 2.26. The van der Waals surface area contributed by atoms with Gasteiger partial charge in [0.2, 0.25) is 0 Å². The number of halogens is 1. The maximum absolute atomic E-state index is 12.2. The average molecular weight is 342 g/mol. The molecule has 0 bridgehead atoms. The van der Waals surface area contributed by atoms with Gasteiger partial charge in [-0.25, -0.2) is 0 Å². The van der Waals surface area contributed by atoms with Gasteiger partial charge >= 0.3 is 5.97 Å². The SMILES string of the molecule is CCC(CC)(CNC(=O)c1cc(Br)ccc1C)C(=O)O. The van der Waals surface area contributed by atoms with E-state index in [0.29, 0.717) is 18.4 Å². The van der Waals surface area contributed by atoms with Crippen molar-refractivity contribution in [3.8, 4) is 0 Å². The Bertz CT molecular complexity index is 510. The van der Waals surface area contributed by atoms with Crippen LogP contribution in [0.3, 0.4) is 0 Å². The summed E-state index contributed by atoms with van der Waals surface area (Å²) in [5.74, 6) is -1.11. The number of rotatable bonds is 6. The summed E-state index contributed by atoms with van der Waals surface area (Å²) in [5.41, 5.74) is 0.528. The zero-order valence-corrected chi connectivity index (χ0v) is 13.6. The standard InChI is InChI=1S/C15H20BrNO3/c1-4-15(5-2,14(19)20)9-17-13(18)12-8-11(16)7-6-10(12)3/h6-8H,4-5,9H2,1-3H3,(H,17,18)(H,19,20). The molecule has 110 valence electrons. The van der Waals surface area contributed by atoms with Gasteiger partial charge in [0, 0.05) is 16.6 Å². The van der Waals surface area contributed by atoms with Gasteiger partial charge in [0.15, 0.2) is 0 Å². The van der Waals surface area contributed by atoms with Crippen LogP contribution in [-0.4, -0.2) is 23.5 Å². The van der Waals surface area contributed by atoms with Gasteiger partial charge in [-0.15, -0.1) is 0 Å². The Morgan fingerprint density at radius 3 is 2.40 bits per heavy atom. The predicted octanol–water partition coefficient (Wildman–Crippen LogP) is 3.38. The molecule has 1 amide bonds. The van der Waals surface area contributed by atoms with E-state index in [1.54, 1.807) is 6.07 Å². The summed E-state index contributed by atoms with van der Waals surface area (Å²) < 4.78 is 0.823. The zero-order valence-electron chi connectivity index (χ0n) is 12.0. The number of amides is 1. The minimum absolute atomic E-state index is 0.139. The molecule has 5 heteroatoms. The second kappa shape index (κ2) is 6.88. The number of aliphatic carboxylic acids is 1. The molecular formula is C15H20BrNO3. The molecule has 0 heterocycles. The molecule has 0 spiro atoms. The molecule has 1 aromatic rings. The lowest BCUT2D eigenvalue weighted by Gasteiger charge is -2.27. The molecule has 0 radical (unpaired) electrons. The van der Waals surface area contributed by atoms with Crippen molar-refractivity contribution >= 4 is 27.8 Å². The molecule has 0 saturated heterocycles. The fourth-order valence-electron chi connectivity index (χ4n) is 2.06. The van der Waals surface area contributed by atoms with E-state index >= 15 is 0 Å². The van der Waals surface area contributed by atoms with Crippen molar-refractivity contribution < 1.29 is 14.7 Å². The Morgan fingerprint density at radius 2 is 1.90 bits per heavy atom. The summed E-state index contributed by atoms with van der Waals surface area (Å²) in [4.78, 5) is 23.6. The van der Waals surface area contributed by atoms with Gasteiger partial charge in [0.05, 0.1) is 5.41 Å². The summed E-state index contributed by atoms with van der Waals surface area (Å²) in [7, 11) is 0. The van der Waals surface area contributed by atoms with Gasteiger partial charge in [0.1, 0.15) is 0 Å². The minimum atomic E-state index is -0.893. The van der Waals surface area contributed by atoms with Crippen molar-refractivity contribution in [3.63, 3.8) is 0 Å². The van der Waals surface area contributed by atoms with Crippen LogP contribution in [0, 0.1) is 12.3 Å². The average Bonchev–Trinajstić information content (AvgIpc) is 2.42. The lowest BCUT2D eigenvalue weighted by molar-refractivity contribution is -0.149. The molecule has 20 heavy (non-hydrogen) atoms. The fourth-order valence-corrected chi connectivity index (χ4v) is 2.42. The molecule has 0 aliphatic rings. The molecule has 0 aliphatic carbocycles. The number of benzene rings is 1. The molecule has 4 nitrogen and oxygen atoms in total. The molecule has 0 aliphatic heterocycles. The van der Waals surface area contributed by atoms with Crippen LogP contribution >= 0.6 is 15.9 Å². The van der Waals surface area contributed by atoms with Crippen LogP contribution in [0.15, 0.2) is 22.7 Å². The van der Waals surface area contributed by atoms with E-state index in [0.717, 1.165) is 10.0 Å². The van der Waals surface area contributed by atoms with E-state index < -0.39 is 11.4 Å². The van der Waals surface area contributed by atoms with Crippen LogP contribution in [0.5, 0.6) is 0 Å². The highest BCUT2D eigenvalue weighted by Gasteiger charge is 2.35. The Hall–Kier alpha value is -1.36. The summed E-state index contributed by atoms with van der Waals surface area (Å²) in [6, 6.07) is 5.46.